The van der Waals surface area contributed by atoms with Gasteiger partial charge in [-0.3, -0.25) is 9.52 Å². The molecule has 1 fully saturated rings. The number of Topliss-reactive ketones (excluding diaryl/α,β-unsaturated/α-hetero) is 1. The van der Waals surface area contributed by atoms with Crippen molar-refractivity contribution in [2.24, 2.45) is 0 Å². The van der Waals surface area contributed by atoms with Crippen LogP contribution in [-0.4, -0.2) is 53.2 Å². The summed E-state index contributed by atoms with van der Waals surface area (Å²) in [5.74, 6) is -0.291. The number of nitrogens with one attached hydrogen (secondary N) is 1. The van der Waals surface area contributed by atoms with Crippen molar-refractivity contribution in [2.75, 3.05) is 31.0 Å². The van der Waals surface area contributed by atoms with Crippen molar-refractivity contribution in [3.63, 3.8) is 0 Å². The van der Waals surface area contributed by atoms with E-state index in [1.54, 1.807) is 0 Å². The highest BCUT2D eigenvalue weighted by Crippen LogP contribution is 2.37. The van der Waals surface area contributed by atoms with Crippen molar-refractivity contribution in [3.8, 4) is 17.6 Å². The van der Waals surface area contributed by atoms with Gasteiger partial charge in [0, 0.05) is 13.1 Å². The predicted octanol–water partition coefficient (Wildman–Crippen LogP) is 4.68. The van der Waals surface area contributed by atoms with Gasteiger partial charge in [-0.05, 0) is 61.5 Å². The molecular formula is C25H21Cl2N3O7S2. The lowest BCUT2D eigenvalue weighted by molar-refractivity contribution is 0.0730. The van der Waals surface area contributed by atoms with E-state index in [-0.39, 0.29) is 61.2 Å². The van der Waals surface area contributed by atoms with E-state index in [1.807, 2.05) is 6.07 Å². The van der Waals surface area contributed by atoms with Crippen LogP contribution >= 0.6 is 23.2 Å². The second-order valence-corrected chi connectivity index (χ2v) is 12.7. The van der Waals surface area contributed by atoms with E-state index >= 15 is 0 Å². The fourth-order valence-corrected chi connectivity index (χ4v) is 7.00. The zero-order valence-electron chi connectivity index (χ0n) is 20.3. The van der Waals surface area contributed by atoms with Crippen LogP contribution in [0.5, 0.6) is 11.5 Å². The van der Waals surface area contributed by atoms with E-state index in [2.05, 4.69) is 4.72 Å². The minimum atomic E-state index is -4.20. The van der Waals surface area contributed by atoms with E-state index in [4.69, 9.17) is 37.9 Å². The maximum atomic E-state index is 12.9. The van der Waals surface area contributed by atoms with Gasteiger partial charge in [0.25, 0.3) is 10.0 Å². The third-order valence-electron chi connectivity index (χ3n) is 5.68. The Morgan fingerprint density at radius 1 is 1.00 bits per heavy atom. The highest BCUT2D eigenvalue weighted by Gasteiger charge is 2.27. The van der Waals surface area contributed by atoms with Crippen molar-refractivity contribution in [1.29, 1.82) is 5.26 Å². The van der Waals surface area contributed by atoms with Gasteiger partial charge in [-0.25, -0.2) is 16.8 Å². The maximum absolute atomic E-state index is 12.9. The molecule has 1 aliphatic rings. The fourth-order valence-electron chi connectivity index (χ4n) is 3.75. The molecule has 0 aliphatic carbocycles. The molecule has 0 aromatic heterocycles. The number of rotatable bonds is 8. The van der Waals surface area contributed by atoms with E-state index in [1.165, 1.54) is 65.8 Å². The third-order valence-corrected chi connectivity index (χ3v) is 9.73. The minimum Gasteiger partial charge on any atom is -0.455 e. The number of benzene rings is 3. The van der Waals surface area contributed by atoms with Crippen LogP contribution in [0, 0.1) is 11.3 Å². The summed E-state index contributed by atoms with van der Waals surface area (Å²) in [6, 6.07) is 13.7. The average Bonchev–Trinajstić information content (AvgIpc) is 2.90. The number of hydrogen-bond acceptors (Lipinski definition) is 8. The van der Waals surface area contributed by atoms with Gasteiger partial charge in [0.05, 0.1) is 51.0 Å². The lowest BCUT2D eigenvalue weighted by atomic mass is 10.1. The summed E-state index contributed by atoms with van der Waals surface area (Å²) in [5, 5.41) is 8.75. The number of halogens is 2. The molecule has 10 nitrogen and oxygen atoms in total. The molecule has 0 bridgehead atoms. The monoisotopic (exact) mass is 609 g/mol. The summed E-state index contributed by atoms with van der Waals surface area (Å²) in [5.41, 5.74) is 0.148. The number of nitrogens with zero attached hydrogens (tertiary/aromatic N) is 2. The highest BCUT2D eigenvalue weighted by atomic mass is 35.5. The number of hydrogen-bond donors (Lipinski definition) is 1. The first kappa shape index (κ1) is 28.8. The first-order valence-electron chi connectivity index (χ1n) is 11.3. The van der Waals surface area contributed by atoms with Gasteiger partial charge in [0.1, 0.15) is 10.6 Å². The molecule has 0 atom stereocenters. The molecule has 14 heteroatoms. The molecule has 0 saturated carbocycles. The van der Waals surface area contributed by atoms with Crippen molar-refractivity contribution >= 4 is 54.7 Å². The van der Waals surface area contributed by atoms with Gasteiger partial charge in [-0.2, -0.15) is 9.57 Å². The van der Waals surface area contributed by atoms with E-state index < -0.39 is 25.8 Å². The Bertz CT molecular complexity index is 1680. The quantitative estimate of drug-likeness (QED) is 0.362. The Hall–Kier alpha value is -3.18. The second-order valence-electron chi connectivity index (χ2n) is 8.34. The molecule has 1 aliphatic heterocycles. The molecule has 3 aromatic carbocycles. The van der Waals surface area contributed by atoms with Gasteiger partial charge >= 0.3 is 0 Å². The van der Waals surface area contributed by atoms with Crippen LogP contribution in [0.1, 0.15) is 22.8 Å². The lowest BCUT2D eigenvalue weighted by Crippen LogP contribution is -2.40. The number of ketones is 1. The largest absolute Gasteiger partial charge is 0.455 e. The molecule has 0 spiro atoms. The van der Waals surface area contributed by atoms with Crippen LogP contribution in [-0.2, 0) is 24.8 Å². The number of carbonyl (C=O) groups excluding carboxylic acids is 1. The Balaban J connectivity index is 1.60. The Morgan fingerprint density at radius 2 is 1.67 bits per heavy atom. The zero-order chi connectivity index (χ0) is 28.4. The molecule has 0 radical (unpaired) electrons. The SMILES string of the molecule is CC(=O)c1cc(NS(=O)(=O)c2ccc(C#N)cc2Cl)cc(Cl)c1Oc1ccc(S(=O)(=O)N2CCOCC2)cc1. The number of morpholine rings is 1. The first-order chi connectivity index (χ1) is 18.4. The van der Waals surface area contributed by atoms with Gasteiger partial charge in [-0.15, -0.1) is 0 Å². The Labute approximate surface area is 235 Å². The molecule has 39 heavy (non-hydrogen) atoms. The number of ether oxygens (including phenoxy) is 2. The average molecular weight is 610 g/mol. The van der Waals surface area contributed by atoms with Crippen molar-refractivity contribution in [3.05, 3.63) is 75.8 Å². The van der Waals surface area contributed by atoms with E-state index in [9.17, 15) is 21.6 Å². The second kappa shape index (κ2) is 11.5. The maximum Gasteiger partial charge on any atom is 0.263 e. The van der Waals surface area contributed by atoms with Crippen LogP contribution in [0.4, 0.5) is 5.69 Å². The van der Waals surface area contributed by atoms with Crippen LogP contribution in [0.15, 0.2) is 64.4 Å². The van der Waals surface area contributed by atoms with Gasteiger partial charge in [0.15, 0.2) is 11.5 Å². The van der Waals surface area contributed by atoms with Gasteiger partial charge in [-0.1, -0.05) is 23.2 Å². The van der Waals surface area contributed by atoms with E-state index in [0.717, 1.165) is 0 Å². The number of nitriles is 1. The van der Waals surface area contributed by atoms with Crippen LogP contribution < -0.4 is 9.46 Å². The summed E-state index contributed by atoms with van der Waals surface area (Å²) < 4.78 is 66.2. The summed E-state index contributed by atoms with van der Waals surface area (Å²) in [4.78, 5) is 12.2. The fraction of sp³-hybridized carbons (Fsp3) is 0.200. The van der Waals surface area contributed by atoms with Gasteiger partial charge < -0.3 is 9.47 Å². The molecular weight excluding hydrogens is 589 g/mol. The normalized spacial score (nSPS) is 14.4. The Kier molecular flexibility index (Phi) is 8.51. The summed E-state index contributed by atoms with van der Waals surface area (Å²) in [6.45, 7) is 2.41. The third kappa shape index (κ3) is 6.36. The highest BCUT2D eigenvalue weighted by molar-refractivity contribution is 7.92. The summed E-state index contributed by atoms with van der Waals surface area (Å²) in [6.07, 6.45) is 0. The first-order valence-corrected chi connectivity index (χ1v) is 15.0. The predicted molar refractivity (Wildman–Crippen MR) is 145 cm³/mol. The molecule has 1 N–H and O–H groups in total. The van der Waals surface area contributed by atoms with Crippen LogP contribution in [0.25, 0.3) is 0 Å². The molecule has 204 valence electrons. The molecule has 1 heterocycles. The summed E-state index contributed by atoms with van der Waals surface area (Å²) in [7, 11) is -7.91. The minimum absolute atomic E-state index is 0.0175. The molecule has 4 rings (SSSR count). The number of carbonyl (C=O) groups is 1. The lowest BCUT2D eigenvalue weighted by Gasteiger charge is -2.26. The smallest absolute Gasteiger partial charge is 0.263 e. The molecule has 0 unspecified atom stereocenters. The van der Waals surface area contributed by atoms with Crippen molar-refractivity contribution < 1.29 is 31.1 Å². The molecule has 1 saturated heterocycles. The van der Waals surface area contributed by atoms with Crippen LogP contribution in [0.3, 0.4) is 0 Å². The number of anilines is 1. The summed E-state index contributed by atoms with van der Waals surface area (Å²) >= 11 is 12.4. The van der Waals surface area contributed by atoms with E-state index in [0.29, 0.717) is 13.2 Å². The molecule has 0 amide bonds. The molecule has 3 aromatic rings. The number of sulfonamides is 2. The van der Waals surface area contributed by atoms with Crippen molar-refractivity contribution in [1.82, 2.24) is 4.31 Å². The van der Waals surface area contributed by atoms with Crippen molar-refractivity contribution in [2.45, 2.75) is 16.7 Å². The topological polar surface area (TPSA) is 143 Å². The Morgan fingerprint density at radius 3 is 2.26 bits per heavy atom. The van der Waals surface area contributed by atoms with Gasteiger partial charge in [0.2, 0.25) is 10.0 Å². The van der Waals surface area contributed by atoms with Crippen LogP contribution in [0.2, 0.25) is 10.0 Å². The standard InChI is InChI=1S/C25H21Cl2N3O7S2/c1-16(31)21-13-18(29-38(32,33)24-7-2-17(15-28)12-22(24)26)14-23(27)25(21)37-19-3-5-20(6-4-19)39(34,35)30-8-10-36-11-9-30/h2-7,12-14,29H,8-11H2,1H3. The zero-order valence-corrected chi connectivity index (χ0v) is 23.5.